The number of hydrogen-bond acceptors (Lipinski definition) is 3. The van der Waals surface area contributed by atoms with Crippen molar-refractivity contribution in [3.63, 3.8) is 0 Å². The molecule has 5 heteroatoms. The standard InChI is InChI=1S/C21H23ClN2O2/c1-15(23-9-8-16-4-2-3-5-17(16)13-23)21(25)24-10-11-26-20-7-6-19(22)12-18(20)14-24/h2-7,12,15H,8-11,13-14H2,1H3. The van der Waals surface area contributed by atoms with Crippen LogP contribution in [-0.4, -0.2) is 41.4 Å². The van der Waals surface area contributed by atoms with Crippen LogP contribution in [-0.2, 0) is 24.3 Å². The van der Waals surface area contributed by atoms with E-state index < -0.39 is 0 Å². The maximum Gasteiger partial charge on any atom is 0.240 e. The van der Waals surface area contributed by atoms with Gasteiger partial charge >= 0.3 is 0 Å². The molecule has 1 atom stereocenters. The third-order valence-electron chi connectivity index (χ3n) is 5.38. The minimum Gasteiger partial charge on any atom is -0.491 e. The van der Waals surface area contributed by atoms with E-state index in [0.717, 1.165) is 30.8 Å². The molecule has 0 saturated carbocycles. The van der Waals surface area contributed by atoms with Crippen LogP contribution in [0.15, 0.2) is 42.5 Å². The van der Waals surface area contributed by atoms with Gasteiger partial charge in [0.05, 0.1) is 12.6 Å². The SMILES string of the molecule is CC(C(=O)N1CCOc2ccc(Cl)cc2C1)N1CCc2ccccc2C1. The van der Waals surface area contributed by atoms with Gasteiger partial charge in [0.15, 0.2) is 0 Å². The van der Waals surface area contributed by atoms with Gasteiger partial charge < -0.3 is 9.64 Å². The zero-order chi connectivity index (χ0) is 18.1. The first-order valence-electron chi connectivity index (χ1n) is 9.12. The molecule has 4 nitrogen and oxygen atoms in total. The maximum atomic E-state index is 13.2. The fourth-order valence-electron chi connectivity index (χ4n) is 3.82. The fourth-order valence-corrected chi connectivity index (χ4v) is 4.01. The van der Waals surface area contributed by atoms with Crippen molar-refractivity contribution in [2.45, 2.75) is 32.5 Å². The molecule has 0 radical (unpaired) electrons. The Hall–Kier alpha value is -2.04. The van der Waals surface area contributed by atoms with Gasteiger partial charge in [0.25, 0.3) is 0 Å². The van der Waals surface area contributed by atoms with Crippen molar-refractivity contribution in [1.82, 2.24) is 9.80 Å². The summed E-state index contributed by atoms with van der Waals surface area (Å²) < 4.78 is 5.79. The van der Waals surface area contributed by atoms with Gasteiger partial charge in [0.2, 0.25) is 5.91 Å². The Morgan fingerprint density at radius 3 is 2.73 bits per heavy atom. The summed E-state index contributed by atoms with van der Waals surface area (Å²) >= 11 is 6.12. The number of carbonyl (C=O) groups is 1. The van der Waals surface area contributed by atoms with E-state index in [1.807, 2.05) is 30.0 Å². The minimum atomic E-state index is -0.149. The van der Waals surface area contributed by atoms with Crippen molar-refractivity contribution in [2.24, 2.45) is 0 Å². The normalized spacial score (nSPS) is 18.3. The fraction of sp³-hybridized carbons (Fsp3) is 0.381. The van der Waals surface area contributed by atoms with Gasteiger partial charge in [0.1, 0.15) is 12.4 Å². The zero-order valence-electron chi connectivity index (χ0n) is 15.0. The third kappa shape index (κ3) is 3.44. The van der Waals surface area contributed by atoms with E-state index in [-0.39, 0.29) is 11.9 Å². The highest BCUT2D eigenvalue weighted by Gasteiger charge is 2.30. The molecule has 4 rings (SSSR count). The Balaban J connectivity index is 1.49. The van der Waals surface area contributed by atoms with Gasteiger partial charge in [0, 0.05) is 30.2 Å². The van der Waals surface area contributed by atoms with E-state index in [4.69, 9.17) is 16.3 Å². The van der Waals surface area contributed by atoms with Crippen molar-refractivity contribution < 1.29 is 9.53 Å². The molecule has 0 aliphatic carbocycles. The van der Waals surface area contributed by atoms with E-state index in [9.17, 15) is 4.79 Å². The van der Waals surface area contributed by atoms with Crippen LogP contribution >= 0.6 is 11.6 Å². The van der Waals surface area contributed by atoms with E-state index in [1.165, 1.54) is 11.1 Å². The summed E-state index contributed by atoms with van der Waals surface area (Å²) in [7, 11) is 0. The smallest absolute Gasteiger partial charge is 0.240 e. The lowest BCUT2D eigenvalue weighted by Gasteiger charge is -2.35. The first-order chi connectivity index (χ1) is 12.6. The number of fused-ring (bicyclic) bond motifs is 2. The second-order valence-electron chi connectivity index (χ2n) is 7.03. The topological polar surface area (TPSA) is 32.8 Å². The van der Waals surface area contributed by atoms with Crippen LogP contribution in [0.25, 0.3) is 0 Å². The number of nitrogens with zero attached hydrogens (tertiary/aromatic N) is 2. The predicted octanol–water partition coefficient (Wildman–Crippen LogP) is 3.51. The van der Waals surface area contributed by atoms with Gasteiger partial charge in [-0.3, -0.25) is 9.69 Å². The van der Waals surface area contributed by atoms with Crippen molar-refractivity contribution >= 4 is 17.5 Å². The lowest BCUT2D eigenvalue weighted by Crippen LogP contribution is -2.48. The highest BCUT2D eigenvalue weighted by Crippen LogP contribution is 2.27. The van der Waals surface area contributed by atoms with Crippen LogP contribution in [0.4, 0.5) is 0 Å². The summed E-state index contributed by atoms with van der Waals surface area (Å²) in [6.45, 7) is 5.41. The molecule has 136 valence electrons. The van der Waals surface area contributed by atoms with E-state index >= 15 is 0 Å². The van der Waals surface area contributed by atoms with Crippen LogP contribution < -0.4 is 4.74 Å². The molecule has 1 amide bonds. The lowest BCUT2D eigenvalue weighted by atomic mass is 9.98. The van der Waals surface area contributed by atoms with Crippen LogP contribution in [0.5, 0.6) is 5.75 Å². The van der Waals surface area contributed by atoms with Gasteiger partial charge in [-0.25, -0.2) is 0 Å². The maximum absolute atomic E-state index is 13.2. The number of rotatable bonds is 2. The summed E-state index contributed by atoms with van der Waals surface area (Å²) in [6, 6.07) is 14.0. The molecule has 0 spiro atoms. The van der Waals surface area contributed by atoms with Gasteiger partial charge in [-0.05, 0) is 42.7 Å². The molecular formula is C21H23ClN2O2. The van der Waals surface area contributed by atoms with Crippen LogP contribution in [0.3, 0.4) is 0 Å². The average molecular weight is 371 g/mol. The molecule has 2 aliphatic heterocycles. The Morgan fingerprint density at radius 2 is 1.88 bits per heavy atom. The second-order valence-corrected chi connectivity index (χ2v) is 7.46. The van der Waals surface area contributed by atoms with Crippen molar-refractivity contribution in [2.75, 3.05) is 19.7 Å². The van der Waals surface area contributed by atoms with Gasteiger partial charge in [-0.2, -0.15) is 0 Å². The van der Waals surface area contributed by atoms with E-state index in [1.54, 1.807) is 0 Å². The first-order valence-corrected chi connectivity index (χ1v) is 9.50. The number of hydrogen-bond donors (Lipinski definition) is 0. The number of benzene rings is 2. The Bertz CT molecular complexity index is 823. The zero-order valence-corrected chi connectivity index (χ0v) is 15.7. The van der Waals surface area contributed by atoms with E-state index in [0.29, 0.717) is 24.7 Å². The highest BCUT2D eigenvalue weighted by atomic mass is 35.5. The lowest BCUT2D eigenvalue weighted by molar-refractivity contribution is -0.137. The molecule has 0 aromatic heterocycles. The monoisotopic (exact) mass is 370 g/mol. The summed E-state index contributed by atoms with van der Waals surface area (Å²) in [5, 5.41) is 0.669. The highest BCUT2D eigenvalue weighted by molar-refractivity contribution is 6.30. The largest absolute Gasteiger partial charge is 0.491 e. The first kappa shape index (κ1) is 17.4. The van der Waals surface area contributed by atoms with Crippen LogP contribution in [0.1, 0.15) is 23.6 Å². The molecule has 26 heavy (non-hydrogen) atoms. The summed E-state index contributed by atoms with van der Waals surface area (Å²) in [6.07, 6.45) is 0.995. The summed E-state index contributed by atoms with van der Waals surface area (Å²) in [5.74, 6) is 0.977. The average Bonchev–Trinajstić information content (AvgIpc) is 2.88. The summed E-state index contributed by atoms with van der Waals surface area (Å²) in [5.41, 5.74) is 3.70. The van der Waals surface area contributed by atoms with Crippen LogP contribution in [0.2, 0.25) is 5.02 Å². The van der Waals surface area contributed by atoms with Crippen molar-refractivity contribution in [3.05, 3.63) is 64.2 Å². The number of carbonyl (C=O) groups excluding carboxylic acids is 1. The Labute approximate surface area is 159 Å². The Kier molecular flexibility index (Phi) is 4.88. The molecule has 2 aliphatic rings. The molecule has 1 unspecified atom stereocenters. The molecule has 0 saturated heterocycles. The summed E-state index contributed by atoms with van der Waals surface area (Å²) in [4.78, 5) is 17.3. The van der Waals surface area contributed by atoms with Crippen LogP contribution in [0, 0.1) is 0 Å². The van der Waals surface area contributed by atoms with E-state index in [2.05, 4.69) is 29.2 Å². The molecule has 2 heterocycles. The number of halogens is 1. The predicted molar refractivity (Wildman–Crippen MR) is 102 cm³/mol. The number of ether oxygens (including phenoxy) is 1. The van der Waals surface area contributed by atoms with Crippen molar-refractivity contribution in [1.29, 1.82) is 0 Å². The quantitative estimate of drug-likeness (QED) is 0.811. The second kappa shape index (κ2) is 7.29. The molecular weight excluding hydrogens is 348 g/mol. The third-order valence-corrected chi connectivity index (χ3v) is 5.61. The number of amides is 1. The van der Waals surface area contributed by atoms with Gasteiger partial charge in [-0.15, -0.1) is 0 Å². The van der Waals surface area contributed by atoms with Crippen molar-refractivity contribution in [3.8, 4) is 5.75 Å². The molecule has 0 fully saturated rings. The Morgan fingerprint density at radius 1 is 1.08 bits per heavy atom. The molecule has 0 bridgehead atoms. The minimum absolute atomic E-state index is 0.149. The molecule has 2 aromatic carbocycles. The molecule has 0 N–H and O–H groups in total. The molecule has 2 aromatic rings. The van der Waals surface area contributed by atoms with Gasteiger partial charge in [-0.1, -0.05) is 35.9 Å².